The maximum absolute atomic E-state index is 12.2. The van der Waals surface area contributed by atoms with E-state index in [0.717, 1.165) is 10.0 Å². The summed E-state index contributed by atoms with van der Waals surface area (Å²) in [5, 5.41) is 0. The summed E-state index contributed by atoms with van der Waals surface area (Å²) in [4.78, 5) is 1.63. The average Bonchev–Trinajstić information content (AvgIpc) is 2.29. The highest BCUT2D eigenvalue weighted by atomic mass is 79.9. The Balaban J connectivity index is 2.75. The van der Waals surface area contributed by atoms with Crippen LogP contribution in [-0.4, -0.2) is 31.2 Å². The molecule has 1 aromatic carbocycles. The van der Waals surface area contributed by atoms with Crippen LogP contribution in [0.3, 0.4) is 0 Å². The van der Waals surface area contributed by atoms with Gasteiger partial charge in [0.25, 0.3) is 0 Å². The molecular weight excluding hydrogens is 309 g/mol. The van der Waals surface area contributed by atoms with Crippen molar-refractivity contribution in [3.8, 4) is 0 Å². The van der Waals surface area contributed by atoms with Gasteiger partial charge in [0.1, 0.15) is 0 Å². The van der Waals surface area contributed by atoms with Crippen LogP contribution < -0.4 is 5.73 Å². The summed E-state index contributed by atoms with van der Waals surface area (Å²) in [6.45, 7) is 0.212. The topological polar surface area (TPSA) is 29.3 Å². The molecular formula is C12H16BrF3N2. The van der Waals surface area contributed by atoms with Gasteiger partial charge in [-0.15, -0.1) is 0 Å². The molecule has 0 aliphatic rings. The molecule has 1 unspecified atom stereocenters. The van der Waals surface area contributed by atoms with Crippen LogP contribution in [0.25, 0.3) is 0 Å². The van der Waals surface area contributed by atoms with E-state index in [4.69, 9.17) is 5.73 Å². The van der Waals surface area contributed by atoms with Gasteiger partial charge in [0.15, 0.2) is 0 Å². The first-order chi connectivity index (χ1) is 8.35. The van der Waals surface area contributed by atoms with E-state index in [1.54, 1.807) is 11.9 Å². The van der Waals surface area contributed by atoms with E-state index in [9.17, 15) is 13.2 Å². The number of nitrogens with two attached hydrogens (primary N) is 1. The van der Waals surface area contributed by atoms with Crippen LogP contribution in [0, 0.1) is 0 Å². The summed E-state index contributed by atoms with van der Waals surface area (Å²) in [5.74, 6) is 0. The maximum Gasteiger partial charge on any atom is 0.390 e. The second-order valence-electron chi connectivity index (χ2n) is 4.12. The summed E-state index contributed by atoms with van der Waals surface area (Å²) in [6.07, 6.45) is -4.97. The van der Waals surface area contributed by atoms with Crippen LogP contribution in [0.4, 0.5) is 13.2 Å². The fraction of sp³-hybridized carbons (Fsp3) is 0.500. The summed E-state index contributed by atoms with van der Waals surface area (Å²) in [6, 6.07) is 7.21. The largest absolute Gasteiger partial charge is 0.390 e. The van der Waals surface area contributed by atoms with Crippen LogP contribution in [-0.2, 0) is 0 Å². The van der Waals surface area contributed by atoms with Gasteiger partial charge >= 0.3 is 6.18 Å². The van der Waals surface area contributed by atoms with Gasteiger partial charge in [0, 0.05) is 23.6 Å². The molecule has 2 nitrogen and oxygen atoms in total. The van der Waals surface area contributed by atoms with E-state index in [2.05, 4.69) is 15.9 Å². The van der Waals surface area contributed by atoms with Gasteiger partial charge in [-0.1, -0.05) is 34.1 Å². The highest BCUT2D eigenvalue weighted by molar-refractivity contribution is 9.10. The zero-order chi connectivity index (χ0) is 13.8. The lowest BCUT2D eigenvalue weighted by molar-refractivity contribution is -0.138. The number of alkyl halides is 3. The van der Waals surface area contributed by atoms with Gasteiger partial charge < -0.3 is 5.73 Å². The van der Waals surface area contributed by atoms with E-state index in [1.165, 1.54) is 0 Å². The molecule has 2 N–H and O–H groups in total. The monoisotopic (exact) mass is 324 g/mol. The lowest BCUT2D eigenvalue weighted by Gasteiger charge is -2.28. The number of hydrogen-bond acceptors (Lipinski definition) is 2. The molecule has 0 aromatic heterocycles. The molecule has 0 aliphatic carbocycles. The minimum atomic E-state index is -4.14. The quantitative estimate of drug-likeness (QED) is 0.900. The van der Waals surface area contributed by atoms with Gasteiger partial charge in [-0.2, -0.15) is 13.2 Å². The molecule has 0 spiro atoms. The minimum Gasteiger partial charge on any atom is -0.329 e. The van der Waals surface area contributed by atoms with Crippen molar-refractivity contribution in [2.45, 2.75) is 18.6 Å². The summed E-state index contributed by atoms with van der Waals surface area (Å²) < 4.78 is 37.5. The minimum absolute atomic E-state index is 0.0628. The molecule has 6 heteroatoms. The summed E-state index contributed by atoms with van der Waals surface area (Å²) in [7, 11) is 1.66. The van der Waals surface area contributed by atoms with Crippen LogP contribution in [0.5, 0.6) is 0 Å². The lowest BCUT2D eigenvalue weighted by atomic mass is 10.1. The Morgan fingerprint density at radius 3 is 2.44 bits per heavy atom. The fourth-order valence-electron chi connectivity index (χ4n) is 1.75. The standard InChI is InChI=1S/C12H16BrF3N2/c1-18(7-6-12(14,15)16)11(8-17)9-4-2-3-5-10(9)13/h2-5,11H,6-8,17H2,1H3. The van der Waals surface area contributed by atoms with Gasteiger partial charge in [0.05, 0.1) is 6.42 Å². The zero-order valence-corrected chi connectivity index (χ0v) is 11.6. The van der Waals surface area contributed by atoms with Gasteiger partial charge in [-0.3, -0.25) is 4.90 Å². The molecule has 1 aromatic rings. The van der Waals surface area contributed by atoms with Crippen molar-refractivity contribution in [2.75, 3.05) is 20.1 Å². The maximum atomic E-state index is 12.2. The molecule has 0 saturated carbocycles. The van der Waals surface area contributed by atoms with E-state index in [0.29, 0.717) is 0 Å². The van der Waals surface area contributed by atoms with E-state index < -0.39 is 12.6 Å². The summed E-state index contributed by atoms with van der Waals surface area (Å²) in [5.41, 5.74) is 6.58. The van der Waals surface area contributed by atoms with E-state index in [1.807, 2.05) is 24.3 Å². The SMILES string of the molecule is CN(CCC(F)(F)F)C(CN)c1ccccc1Br. The lowest BCUT2D eigenvalue weighted by Crippen LogP contribution is -2.33. The third kappa shape index (κ3) is 4.59. The molecule has 0 fully saturated rings. The van der Waals surface area contributed by atoms with Crippen molar-refractivity contribution >= 4 is 15.9 Å². The Morgan fingerprint density at radius 1 is 1.33 bits per heavy atom. The smallest absolute Gasteiger partial charge is 0.329 e. The predicted octanol–water partition coefficient (Wildman–Crippen LogP) is 3.33. The molecule has 0 bridgehead atoms. The van der Waals surface area contributed by atoms with Gasteiger partial charge in [-0.25, -0.2) is 0 Å². The molecule has 0 aliphatic heterocycles. The molecule has 0 saturated heterocycles. The van der Waals surface area contributed by atoms with E-state index in [-0.39, 0.29) is 19.1 Å². The van der Waals surface area contributed by atoms with Crippen LogP contribution >= 0.6 is 15.9 Å². The average molecular weight is 325 g/mol. The van der Waals surface area contributed by atoms with Crippen molar-refractivity contribution in [1.29, 1.82) is 0 Å². The second-order valence-corrected chi connectivity index (χ2v) is 4.97. The van der Waals surface area contributed by atoms with Crippen molar-refractivity contribution in [2.24, 2.45) is 5.73 Å². The van der Waals surface area contributed by atoms with Gasteiger partial charge in [0.2, 0.25) is 0 Å². The number of likely N-dealkylation sites (N-methyl/N-ethyl adjacent to an activating group) is 1. The third-order valence-corrected chi connectivity index (χ3v) is 3.49. The fourth-order valence-corrected chi connectivity index (χ4v) is 2.30. The molecule has 18 heavy (non-hydrogen) atoms. The van der Waals surface area contributed by atoms with E-state index >= 15 is 0 Å². The Bertz CT molecular complexity index is 382. The molecule has 0 amide bonds. The Kier molecular flexibility index (Phi) is 5.62. The number of rotatable bonds is 5. The predicted molar refractivity (Wildman–Crippen MR) is 69.2 cm³/mol. The first kappa shape index (κ1) is 15.5. The Labute approximate surface area is 113 Å². The second kappa shape index (κ2) is 6.54. The van der Waals surface area contributed by atoms with Gasteiger partial charge in [-0.05, 0) is 18.7 Å². The first-order valence-corrected chi connectivity index (χ1v) is 6.36. The van der Waals surface area contributed by atoms with Crippen molar-refractivity contribution in [3.05, 3.63) is 34.3 Å². The molecule has 1 atom stereocenters. The zero-order valence-electron chi connectivity index (χ0n) is 10.0. The summed E-state index contributed by atoms with van der Waals surface area (Å²) >= 11 is 3.39. The van der Waals surface area contributed by atoms with Crippen LogP contribution in [0.2, 0.25) is 0 Å². The number of halogens is 4. The Morgan fingerprint density at radius 2 is 1.94 bits per heavy atom. The van der Waals surface area contributed by atoms with Crippen LogP contribution in [0.1, 0.15) is 18.0 Å². The number of hydrogen-bond donors (Lipinski definition) is 1. The molecule has 1 rings (SSSR count). The highest BCUT2D eigenvalue weighted by Gasteiger charge is 2.28. The first-order valence-electron chi connectivity index (χ1n) is 5.56. The van der Waals surface area contributed by atoms with Crippen molar-refractivity contribution in [3.63, 3.8) is 0 Å². The van der Waals surface area contributed by atoms with Crippen molar-refractivity contribution in [1.82, 2.24) is 4.90 Å². The molecule has 0 heterocycles. The van der Waals surface area contributed by atoms with Crippen molar-refractivity contribution < 1.29 is 13.2 Å². The molecule has 0 radical (unpaired) electrons. The normalized spacial score (nSPS) is 13.9. The van der Waals surface area contributed by atoms with Crippen LogP contribution in [0.15, 0.2) is 28.7 Å². The Hall–Kier alpha value is -0.590. The third-order valence-electron chi connectivity index (χ3n) is 2.77. The molecule has 102 valence electrons. The highest BCUT2D eigenvalue weighted by Crippen LogP contribution is 2.28. The number of nitrogens with zero attached hydrogens (tertiary/aromatic N) is 1. The number of benzene rings is 1.